The first-order chi connectivity index (χ1) is 15.2. The molecule has 3 aromatic carbocycles. The maximum atomic E-state index is 14.4. The van der Waals surface area contributed by atoms with Crippen LogP contribution in [-0.2, 0) is 0 Å². The predicted molar refractivity (Wildman–Crippen MR) is 124 cm³/mol. The second-order valence-electron chi connectivity index (χ2n) is 7.35. The van der Waals surface area contributed by atoms with Crippen molar-refractivity contribution in [1.29, 1.82) is 0 Å². The van der Waals surface area contributed by atoms with E-state index in [4.69, 9.17) is 21.6 Å². The van der Waals surface area contributed by atoms with Crippen molar-refractivity contribution in [3.63, 3.8) is 0 Å². The molecule has 1 atom stereocenters. The molecule has 0 bridgehead atoms. The monoisotopic (exact) mass is 433 g/mol. The molecule has 0 aromatic heterocycles. The fourth-order valence-corrected chi connectivity index (χ4v) is 4.26. The topological polar surface area (TPSA) is 43.2 Å². The van der Waals surface area contributed by atoms with Gasteiger partial charge in [0.05, 0.1) is 23.6 Å². The lowest BCUT2D eigenvalue weighted by Gasteiger charge is -2.26. The molecule has 0 spiro atoms. The first kappa shape index (κ1) is 19.7. The van der Waals surface area contributed by atoms with Crippen LogP contribution in [0.5, 0.6) is 0 Å². The second-order valence-corrected chi connectivity index (χ2v) is 7.76. The number of nitrogens with zero attached hydrogens (tertiary/aromatic N) is 4. The molecule has 0 amide bonds. The minimum atomic E-state index is -0.321. The highest BCUT2D eigenvalue weighted by atomic mass is 35.5. The second kappa shape index (κ2) is 8.13. The van der Waals surface area contributed by atoms with E-state index in [0.717, 1.165) is 23.5 Å². The minimum absolute atomic E-state index is 0.100. The summed E-state index contributed by atoms with van der Waals surface area (Å²) in [5, 5.41) is 2.68. The highest BCUT2D eigenvalue weighted by Gasteiger charge is 2.39. The lowest BCUT2D eigenvalue weighted by atomic mass is 10.00. The number of aliphatic imine (C=N–C) groups is 2. The van der Waals surface area contributed by atoms with E-state index in [0.29, 0.717) is 28.8 Å². The molecule has 31 heavy (non-hydrogen) atoms. The van der Waals surface area contributed by atoms with Gasteiger partial charge in [-0.05, 0) is 36.4 Å². The van der Waals surface area contributed by atoms with Crippen molar-refractivity contribution in [2.45, 2.75) is 13.1 Å². The third-order valence-electron chi connectivity index (χ3n) is 5.48. The zero-order valence-corrected chi connectivity index (χ0v) is 17.7. The van der Waals surface area contributed by atoms with E-state index in [1.165, 1.54) is 12.1 Å². The zero-order chi connectivity index (χ0) is 21.4. The van der Waals surface area contributed by atoms with E-state index in [9.17, 15) is 4.39 Å². The Morgan fingerprint density at radius 1 is 1.06 bits per heavy atom. The Kier molecular flexibility index (Phi) is 5.18. The van der Waals surface area contributed by atoms with Crippen LogP contribution < -0.4 is 10.3 Å². The molecule has 2 aliphatic heterocycles. The van der Waals surface area contributed by atoms with Gasteiger partial charge in [-0.15, -0.1) is 0 Å². The molecule has 2 aliphatic rings. The maximum Gasteiger partial charge on any atom is 0.220 e. The summed E-state index contributed by atoms with van der Waals surface area (Å²) in [6, 6.07) is 22.1. The van der Waals surface area contributed by atoms with Gasteiger partial charge in [-0.25, -0.2) is 9.38 Å². The lowest BCUT2D eigenvalue weighted by molar-refractivity contribution is 0.214. The Balaban J connectivity index is 1.69. The molecule has 1 N–H and O–H groups in total. The third-order valence-corrected chi connectivity index (χ3v) is 5.81. The average molecular weight is 434 g/mol. The van der Waals surface area contributed by atoms with Crippen LogP contribution in [-0.4, -0.2) is 35.9 Å². The smallest absolute Gasteiger partial charge is 0.220 e. The Morgan fingerprint density at radius 2 is 1.84 bits per heavy atom. The van der Waals surface area contributed by atoms with E-state index >= 15 is 0 Å². The minimum Gasteiger partial charge on any atom is -0.291 e. The van der Waals surface area contributed by atoms with Crippen molar-refractivity contribution in [3.05, 3.63) is 94.8 Å². The van der Waals surface area contributed by atoms with Crippen molar-refractivity contribution in [2.75, 3.05) is 18.0 Å². The highest BCUT2D eigenvalue weighted by Crippen LogP contribution is 2.34. The number of guanidine groups is 1. The summed E-state index contributed by atoms with van der Waals surface area (Å²) in [6.45, 7) is 3.31. The van der Waals surface area contributed by atoms with Crippen molar-refractivity contribution < 1.29 is 4.39 Å². The van der Waals surface area contributed by atoms with Crippen molar-refractivity contribution in [1.82, 2.24) is 10.4 Å². The molecular formula is C24H21ClFN5. The van der Waals surface area contributed by atoms with Crippen molar-refractivity contribution >= 4 is 34.6 Å². The molecular weight excluding hydrogens is 413 g/mol. The molecule has 156 valence electrons. The molecule has 2 heterocycles. The van der Waals surface area contributed by atoms with E-state index in [2.05, 4.69) is 22.3 Å². The van der Waals surface area contributed by atoms with Gasteiger partial charge in [-0.2, -0.15) is 5.01 Å². The van der Waals surface area contributed by atoms with Crippen molar-refractivity contribution in [2.24, 2.45) is 9.98 Å². The summed E-state index contributed by atoms with van der Waals surface area (Å²) in [6.07, 6.45) is -0.100. The molecule has 3 aromatic rings. The molecule has 7 heteroatoms. The fraction of sp³-hybridized carbons (Fsp3) is 0.167. The van der Waals surface area contributed by atoms with Crippen LogP contribution in [0.1, 0.15) is 18.1 Å². The van der Waals surface area contributed by atoms with E-state index in [-0.39, 0.29) is 12.0 Å². The van der Waals surface area contributed by atoms with Crippen LogP contribution in [0.15, 0.2) is 82.8 Å². The standard InChI is InChI=1S/C24H21ClFN5/c1-2-30-22-15-27-23(18-10-6-7-11-20(18)25)19-14-16(26)12-13-21(19)31(22)24(29-30)28-17-8-4-3-5-9-17/h3-14,22H,2,15H2,1H3,(H,28,29). The van der Waals surface area contributed by atoms with Crippen LogP contribution in [0.4, 0.5) is 15.8 Å². The third kappa shape index (κ3) is 3.58. The number of anilines is 1. The van der Waals surface area contributed by atoms with Gasteiger partial charge >= 0.3 is 0 Å². The summed E-state index contributed by atoms with van der Waals surface area (Å²) >= 11 is 6.50. The summed E-state index contributed by atoms with van der Waals surface area (Å²) in [5.74, 6) is 0.361. The van der Waals surface area contributed by atoms with Gasteiger partial charge in [0.2, 0.25) is 5.96 Å². The molecule has 0 radical (unpaired) electrons. The SMILES string of the molecule is CCN1NC(=Nc2ccccc2)N2c3ccc(F)cc3C(c3ccccc3Cl)=NCC12. The molecule has 5 nitrogen and oxygen atoms in total. The number of nitrogens with one attached hydrogen (secondary N) is 1. The average Bonchev–Trinajstić information content (AvgIpc) is 3.03. The van der Waals surface area contributed by atoms with Crippen LogP contribution >= 0.6 is 11.6 Å². The van der Waals surface area contributed by atoms with E-state index < -0.39 is 0 Å². The number of fused-ring (bicyclic) bond motifs is 3. The first-order valence-electron chi connectivity index (χ1n) is 10.2. The molecule has 0 saturated carbocycles. The van der Waals surface area contributed by atoms with Gasteiger partial charge < -0.3 is 0 Å². The normalized spacial score (nSPS) is 19.5. The number of rotatable bonds is 3. The zero-order valence-electron chi connectivity index (χ0n) is 17.0. The maximum absolute atomic E-state index is 14.4. The van der Waals surface area contributed by atoms with E-state index in [1.807, 2.05) is 54.6 Å². The number of likely N-dealkylation sites (N-methyl/N-ethyl adjacent to an activating group) is 1. The summed E-state index contributed by atoms with van der Waals surface area (Å²) in [5.41, 5.74) is 7.23. The largest absolute Gasteiger partial charge is 0.291 e. The van der Waals surface area contributed by atoms with Crippen LogP contribution in [0.2, 0.25) is 5.02 Å². The molecule has 1 saturated heterocycles. The molecule has 0 aliphatic carbocycles. The van der Waals surface area contributed by atoms with Crippen LogP contribution in [0.25, 0.3) is 0 Å². The van der Waals surface area contributed by atoms with Gasteiger partial charge in [0, 0.05) is 22.7 Å². The van der Waals surface area contributed by atoms with Crippen LogP contribution in [0.3, 0.4) is 0 Å². The first-order valence-corrected chi connectivity index (χ1v) is 10.6. The summed E-state index contributed by atoms with van der Waals surface area (Å²) in [7, 11) is 0. The fourth-order valence-electron chi connectivity index (χ4n) is 4.04. The Hall–Kier alpha value is -3.22. The molecule has 5 rings (SSSR count). The Bertz CT molecular complexity index is 1180. The van der Waals surface area contributed by atoms with Gasteiger partial charge in [-0.3, -0.25) is 15.3 Å². The number of benzene rings is 3. The molecule has 1 fully saturated rings. The molecule has 1 unspecified atom stereocenters. The number of para-hydroxylation sites is 1. The Morgan fingerprint density at radius 3 is 2.61 bits per heavy atom. The number of hydrogen-bond donors (Lipinski definition) is 1. The quantitative estimate of drug-likeness (QED) is 0.632. The van der Waals surface area contributed by atoms with E-state index in [1.54, 1.807) is 6.07 Å². The lowest BCUT2D eigenvalue weighted by Crippen LogP contribution is -2.43. The Labute approximate surface area is 185 Å². The van der Waals surface area contributed by atoms with Crippen molar-refractivity contribution in [3.8, 4) is 0 Å². The summed E-state index contributed by atoms with van der Waals surface area (Å²) < 4.78 is 14.4. The highest BCUT2D eigenvalue weighted by molar-refractivity contribution is 6.36. The van der Waals surface area contributed by atoms with Gasteiger partial charge in [-0.1, -0.05) is 54.9 Å². The summed E-state index contributed by atoms with van der Waals surface area (Å²) in [4.78, 5) is 11.8. The number of hydrazine groups is 1. The van der Waals surface area contributed by atoms with Gasteiger partial charge in [0.1, 0.15) is 12.0 Å². The van der Waals surface area contributed by atoms with Crippen LogP contribution in [0, 0.1) is 5.82 Å². The number of halogens is 2. The predicted octanol–water partition coefficient (Wildman–Crippen LogP) is 4.99. The number of hydrogen-bond acceptors (Lipinski definition) is 3. The van der Waals surface area contributed by atoms with Gasteiger partial charge in [0.25, 0.3) is 0 Å². The van der Waals surface area contributed by atoms with Gasteiger partial charge in [0.15, 0.2) is 0 Å².